The topological polar surface area (TPSA) is 81.1 Å². The molecule has 1 aromatic rings. The van der Waals surface area contributed by atoms with Crippen LogP contribution >= 0.6 is 11.6 Å². The van der Waals surface area contributed by atoms with Crippen molar-refractivity contribution >= 4 is 17.6 Å². The van der Waals surface area contributed by atoms with E-state index in [2.05, 4.69) is 5.10 Å². The van der Waals surface area contributed by atoms with Gasteiger partial charge >= 0.3 is 5.97 Å². The minimum atomic E-state index is -1.13. The van der Waals surface area contributed by atoms with E-state index in [1.165, 1.54) is 0 Å². The lowest BCUT2D eigenvalue weighted by Crippen LogP contribution is -2.47. The Hall–Kier alpha value is -1.07. The fourth-order valence-corrected chi connectivity index (χ4v) is 1.77. The second-order valence-electron chi connectivity index (χ2n) is 4.22. The van der Waals surface area contributed by atoms with Crippen LogP contribution in [0.25, 0.3) is 0 Å². The van der Waals surface area contributed by atoms with Crippen molar-refractivity contribution in [3.05, 3.63) is 16.9 Å². The van der Waals surface area contributed by atoms with Gasteiger partial charge in [0.1, 0.15) is 5.54 Å². The van der Waals surface area contributed by atoms with Gasteiger partial charge in [-0.2, -0.15) is 5.10 Å². The van der Waals surface area contributed by atoms with E-state index in [4.69, 9.17) is 22.4 Å². The fraction of sp³-hybridized carbons (Fsp3) is 0.636. The number of halogens is 1. The summed E-state index contributed by atoms with van der Waals surface area (Å²) in [6.07, 6.45) is 3.09. The van der Waals surface area contributed by atoms with Crippen LogP contribution < -0.4 is 5.73 Å². The van der Waals surface area contributed by atoms with Gasteiger partial charge in [0.25, 0.3) is 0 Å². The number of hydrogen-bond donors (Lipinski definition) is 2. The van der Waals surface area contributed by atoms with Crippen LogP contribution in [0.3, 0.4) is 0 Å². The molecule has 1 heterocycles. The normalized spacial score (nSPS) is 14.6. The highest BCUT2D eigenvalue weighted by atomic mass is 35.5. The summed E-state index contributed by atoms with van der Waals surface area (Å²) in [4.78, 5) is 11.0. The third kappa shape index (κ3) is 3.20. The summed E-state index contributed by atoms with van der Waals surface area (Å²) >= 11 is 5.87. The number of hydrogen-bond acceptors (Lipinski definition) is 3. The summed E-state index contributed by atoms with van der Waals surface area (Å²) in [5.74, 6) is -0.949. The zero-order valence-electron chi connectivity index (χ0n) is 10.1. The SMILES string of the molecule is CCC(N)(CCCn1ncc(Cl)c1C)C(=O)O. The van der Waals surface area contributed by atoms with Gasteiger partial charge in [-0.25, -0.2) is 0 Å². The molecule has 1 atom stereocenters. The number of aliphatic carboxylic acids is 1. The van der Waals surface area contributed by atoms with Gasteiger partial charge < -0.3 is 10.8 Å². The molecule has 17 heavy (non-hydrogen) atoms. The number of aromatic nitrogens is 2. The van der Waals surface area contributed by atoms with Crippen molar-refractivity contribution in [1.82, 2.24) is 9.78 Å². The maximum Gasteiger partial charge on any atom is 0.323 e. The monoisotopic (exact) mass is 259 g/mol. The molecule has 0 radical (unpaired) electrons. The zero-order chi connectivity index (χ0) is 13.1. The van der Waals surface area contributed by atoms with Crippen molar-refractivity contribution in [2.45, 2.75) is 45.2 Å². The largest absolute Gasteiger partial charge is 0.480 e. The molecule has 0 bridgehead atoms. The first kappa shape index (κ1) is 14.0. The zero-order valence-corrected chi connectivity index (χ0v) is 10.9. The molecule has 0 aliphatic heterocycles. The molecule has 1 aromatic heterocycles. The molecule has 0 aromatic carbocycles. The van der Waals surface area contributed by atoms with Gasteiger partial charge in [0.15, 0.2) is 0 Å². The number of aryl methyl sites for hydroxylation is 1. The second kappa shape index (κ2) is 5.51. The van der Waals surface area contributed by atoms with E-state index in [9.17, 15) is 4.79 Å². The van der Waals surface area contributed by atoms with Crippen LogP contribution in [0.5, 0.6) is 0 Å². The van der Waals surface area contributed by atoms with Crippen LogP contribution in [0, 0.1) is 6.92 Å². The molecule has 1 unspecified atom stereocenters. The van der Waals surface area contributed by atoms with Crippen LogP contribution in [0.4, 0.5) is 0 Å². The maximum absolute atomic E-state index is 11.0. The van der Waals surface area contributed by atoms with Gasteiger partial charge in [-0.15, -0.1) is 0 Å². The van der Waals surface area contributed by atoms with Crippen molar-refractivity contribution in [3.8, 4) is 0 Å². The Morgan fingerprint density at radius 3 is 2.76 bits per heavy atom. The van der Waals surface area contributed by atoms with Gasteiger partial charge in [-0.1, -0.05) is 18.5 Å². The number of nitrogens with zero attached hydrogens (tertiary/aromatic N) is 2. The minimum absolute atomic E-state index is 0.418. The van der Waals surface area contributed by atoms with Crippen molar-refractivity contribution in [2.24, 2.45) is 5.73 Å². The highest BCUT2D eigenvalue weighted by molar-refractivity contribution is 6.31. The Morgan fingerprint density at radius 2 is 2.35 bits per heavy atom. The molecule has 0 spiro atoms. The van der Waals surface area contributed by atoms with Crippen LogP contribution in [0.1, 0.15) is 31.9 Å². The van der Waals surface area contributed by atoms with E-state index in [1.807, 2.05) is 6.92 Å². The van der Waals surface area contributed by atoms with E-state index >= 15 is 0 Å². The van der Waals surface area contributed by atoms with Gasteiger partial charge in [-0.05, 0) is 26.2 Å². The lowest BCUT2D eigenvalue weighted by molar-refractivity contribution is -0.143. The number of nitrogens with two attached hydrogens (primary N) is 1. The van der Waals surface area contributed by atoms with Crippen molar-refractivity contribution in [3.63, 3.8) is 0 Å². The smallest absolute Gasteiger partial charge is 0.323 e. The standard InChI is InChI=1S/C11H18ClN3O2/c1-3-11(13,10(16)17)5-4-6-15-8(2)9(12)7-14-15/h7H,3-6,13H2,1-2H3,(H,16,17). The van der Waals surface area contributed by atoms with E-state index in [1.54, 1.807) is 17.8 Å². The molecule has 0 aliphatic rings. The molecule has 6 heteroatoms. The lowest BCUT2D eigenvalue weighted by atomic mass is 9.92. The third-order valence-electron chi connectivity index (χ3n) is 3.09. The quantitative estimate of drug-likeness (QED) is 0.817. The molecule has 0 aliphatic carbocycles. The Kier molecular flexibility index (Phi) is 4.54. The average molecular weight is 260 g/mol. The van der Waals surface area contributed by atoms with Gasteiger partial charge in [0.05, 0.1) is 16.9 Å². The summed E-state index contributed by atoms with van der Waals surface area (Å²) < 4.78 is 1.76. The molecule has 0 saturated heterocycles. The predicted molar refractivity (Wildman–Crippen MR) is 66.1 cm³/mol. The first-order valence-corrected chi connectivity index (χ1v) is 5.98. The molecule has 5 nitrogen and oxygen atoms in total. The van der Waals surface area contributed by atoms with Crippen molar-refractivity contribution < 1.29 is 9.90 Å². The van der Waals surface area contributed by atoms with Crippen LogP contribution in [-0.4, -0.2) is 26.4 Å². The molecule has 3 N–H and O–H groups in total. The summed E-state index contributed by atoms with van der Waals surface area (Å²) in [5.41, 5.74) is 5.55. The Labute approximate surface area is 106 Å². The highest BCUT2D eigenvalue weighted by Crippen LogP contribution is 2.17. The van der Waals surface area contributed by atoms with Crippen molar-refractivity contribution in [1.29, 1.82) is 0 Å². The van der Waals surface area contributed by atoms with Gasteiger partial charge in [-0.3, -0.25) is 9.48 Å². The first-order chi connectivity index (χ1) is 7.90. The lowest BCUT2D eigenvalue weighted by Gasteiger charge is -2.22. The maximum atomic E-state index is 11.0. The Balaban J connectivity index is 2.53. The highest BCUT2D eigenvalue weighted by Gasteiger charge is 2.31. The van der Waals surface area contributed by atoms with Crippen LogP contribution in [-0.2, 0) is 11.3 Å². The average Bonchev–Trinajstić information content (AvgIpc) is 2.60. The van der Waals surface area contributed by atoms with Crippen LogP contribution in [0.15, 0.2) is 6.20 Å². The van der Waals surface area contributed by atoms with Crippen molar-refractivity contribution in [2.75, 3.05) is 0 Å². The molecule has 0 amide bonds. The summed E-state index contributed by atoms with van der Waals surface area (Å²) in [7, 11) is 0. The van der Waals surface area contributed by atoms with E-state index in [0.29, 0.717) is 30.8 Å². The fourth-order valence-electron chi connectivity index (χ4n) is 1.63. The van der Waals surface area contributed by atoms with Gasteiger partial charge in [0, 0.05) is 6.54 Å². The number of carboxylic acids is 1. The predicted octanol–water partition coefficient (Wildman–Crippen LogP) is 1.82. The van der Waals surface area contributed by atoms with E-state index < -0.39 is 11.5 Å². The summed E-state index contributed by atoms with van der Waals surface area (Å²) in [5, 5.41) is 13.7. The molecular formula is C11H18ClN3O2. The number of carboxylic acid groups (broad SMARTS) is 1. The summed E-state index contributed by atoms with van der Waals surface area (Å²) in [6, 6.07) is 0. The van der Waals surface area contributed by atoms with Crippen LogP contribution in [0.2, 0.25) is 5.02 Å². The summed E-state index contributed by atoms with van der Waals surface area (Å²) in [6.45, 7) is 4.29. The molecule has 0 fully saturated rings. The Bertz CT molecular complexity index is 405. The molecule has 0 saturated carbocycles. The molecule has 96 valence electrons. The minimum Gasteiger partial charge on any atom is -0.480 e. The van der Waals surface area contributed by atoms with Gasteiger partial charge in [0.2, 0.25) is 0 Å². The Morgan fingerprint density at radius 1 is 1.71 bits per heavy atom. The van der Waals surface area contributed by atoms with E-state index in [0.717, 1.165) is 5.69 Å². The first-order valence-electron chi connectivity index (χ1n) is 5.61. The third-order valence-corrected chi connectivity index (χ3v) is 3.46. The second-order valence-corrected chi connectivity index (χ2v) is 4.63. The number of rotatable bonds is 6. The number of carbonyl (C=O) groups is 1. The van der Waals surface area contributed by atoms with E-state index in [-0.39, 0.29) is 0 Å². The molecular weight excluding hydrogens is 242 g/mol. The molecule has 1 rings (SSSR count).